The standard InChI is InChI=1S/C14H12N2O4/c1-3-19-14(17)16-13-10(8-15)7-9-5-4-6-11(18-2)12(9)20-13/h4-7H,3H2,1-2H3/b16-13-. The molecule has 0 N–H and O–H groups in total. The molecule has 1 heterocycles. The lowest BCUT2D eigenvalue weighted by atomic mass is 10.2. The first-order valence-corrected chi connectivity index (χ1v) is 5.92. The number of ether oxygens (including phenoxy) is 2. The molecule has 0 unspecified atom stereocenters. The van der Waals surface area contributed by atoms with Crippen molar-refractivity contribution in [1.82, 2.24) is 0 Å². The molecule has 0 aliphatic carbocycles. The SMILES string of the molecule is CCOC(=O)/N=c1\oc2c(OC)cccc2cc1C#N. The zero-order chi connectivity index (χ0) is 14.5. The van der Waals surface area contributed by atoms with Gasteiger partial charge in [-0.3, -0.25) is 0 Å². The van der Waals surface area contributed by atoms with Crippen molar-refractivity contribution in [3.05, 3.63) is 35.4 Å². The van der Waals surface area contributed by atoms with Gasteiger partial charge in [-0.05, 0) is 19.1 Å². The summed E-state index contributed by atoms with van der Waals surface area (Å²) in [4.78, 5) is 15.0. The summed E-state index contributed by atoms with van der Waals surface area (Å²) in [6.45, 7) is 1.86. The van der Waals surface area contributed by atoms with Crippen molar-refractivity contribution in [2.75, 3.05) is 13.7 Å². The second-order valence-corrected chi connectivity index (χ2v) is 3.77. The number of amides is 1. The molecule has 1 aromatic heterocycles. The maximum Gasteiger partial charge on any atom is 0.436 e. The van der Waals surface area contributed by atoms with Crippen molar-refractivity contribution in [2.24, 2.45) is 4.99 Å². The van der Waals surface area contributed by atoms with Crippen molar-refractivity contribution >= 4 is 17.1 Å². The van der Waals surface area contributed by atoms with Crippen LogP contribution in [0.25, 0.3) is 11.0 Å². The molecule has 0 bridgehead atoms. The predicted octanol–water partition coefficient (Wildman–Crippen LogP) is 2.37. The Labute approximate surface area is 114 Å². The smallest absolute Gasteiger partial charge is 0.436 e. The average Bonchev–Trinajstić information content (AvgIpc) is 2.46. The van der Waals surface area contributed by atoms with Crippen LogP contribution in [-0.2, 0) is 4.74 Å². The number of carbonyl (C=O) groups is 1. The largest absolute Gasteiger partial charge is 0.493 e. The van der Waals surface area contributed by atoms with Crippen LogP contribution in [0.4, 0.5) is 4.79 Å². The summed E-state index contributed by atoms with van der Waals surface area (Å²) in [6.07, 6.45) is -0.804. The highest BCUT2D eigenvalue weighted by Crippen LogP contribution is 2.24. The van der Waals surface area contributed by atoms with Crippen LogP contribution in [-0.4, -0.2) is 19.8 Å². The fraction of sp³-hybridized carbons (Fsp3) is 0.214. The van der Waals surface area contributed by atoms with Crippen LogP contribution in [0.1, 0.15) is 12.5 Å². The Morgan fingerprint density at radius 2 is 2.30 bits per heavy atom. The Balaban J connectivity index is 2.71. The molecule has 0 spiro atoms. The van der Waals surface area contributed by atoms with Crippen LogP contribution in [0, 0.1) is 11.3 Å². The molecule has 0 saturated carbocycles. The van der Waals surface area contributed by atoms with E-state index in [4.69, 9.17) is 19.2 Å². The summed E-state index contributed by atoms with van der Waals surface area (Å²) in [5.41, 5.74) is 0.471. The molecule has 0 aliphatic heterocycles. The van der Waals surface area contributed by atoms with Gasteiger partial charge in [-0.15, -0.1) is 4.99 Å². The van der Waals surface area contributed by atoms with Crippen molar-refractivity contribution in [1.29, 1.82) is 5.26 Å². The molecule has 102 valence electrons. The van der Waals surface area contributed by atoms with Gasteiger partial charge in [0.1, 0.15) is 11.6 Å². The highest BCUT2D eigenvalue weighted by molar-refractivity contribution is 5.83. The first kappa shape index (κ1) is 13.6. The van der Waals surface area contributed by atoms with Crippen molar-refractivity contribution < 1.29 is 18.7 Å². The molecule has 1 amide bonds. The topological polar surface area (TPSA) is 84.8 Å². The average molecular weight is 272 g/mol. The van der Waals surface area contributed by atoms with Crippen LogP contribution in [0.15, 0.2) is 33.7 Å². The van der Waals surface area contributed by atoms with E-state index < -0.39 is 6.09 Å². The lowest BCUT2D eigenvalue weighted by Crippen LogP contribution is -2.11. The number of benzene rings is 1. The van der Waals surface area contributed by atoms with Gasteiger partial charge in [-0.2, -0.15) is 5.26 Å². The summed E-state index contributed by atoms with van der Waals surface area (Å²) in [5, 5.41) is 9.78. The summed E-state index contributed by atoms with van der Waals surface area (Å²) < 4.78 is 15.4. The minimum absolute atomic E-state index is 0.0945. The Kier molecular flexibility index (Phi) is 4.01. The van der Waals surface area contributed by atoms with Crippen LogP contribution in [0.2, 0.25) is 0 Å². The first-order valence-electron chi connectivity index (χ1n) is 5.92. The normalized spacial score (nSPS) is 11.2. The second kappa shape index (κ2) is 5.89. The molecule has 0 atom stereocenters. The maximum absolute atomic E-state index is 11.4. The summed E-state index contributed by atoms with van der Waals surface area (Å²) in [5.74, 6) is 0.493. The molecule has 0 radical (unpaired) electrons. The highest BCUT2D eigenvalue weighted by Gasteiger charge is 2.09. The van der Waals surface area contributed by atoms with Gasteiger partial charge in [-0.25, -0.2) is 4.79 Å². The molecule has 20 heavy (non-hydrogen) atoms. The van der Waals surface area contributed by atoms with Gasteiger partial charge in [0.05, 0.1) is 13.7 Å². The summed E-state index contributed by atoms with van der Waals surface area (Å²) in [6, 6.07) is 8.79. The number of rotatable bonds is 2. The maximum atomic E-state index is 11.4. The number of nitrogens with zero attached hydrogens (tertiary/aromatic N) is 2. The Bertz CT molecular complexity index is 756. The fourth-order valence-corrected chi connectivity index (χ4v) is 1.69. The minimum Gasteiger partial charge on any atom is -0.493 e. The number of nitriles is 1. The molecule has 6 nitrogen and oxygen atoms in total. The lowest BCUT2D eigenvalue weighted by molar-refractivity contribution is 0.161. The van der Waals surface area contributed by atoms with Crippen molar-refractivity contribution in [3.8, 4) is 11.8 Å². The van der Waals surface area contributed by atoms with E-state index in [0.717, 1.165) is 0 Å². The second-order valence-electron chi connectivity index (χ2n) is 3.77. The number of carbonyl (C=O) groups excluding carboxylic acids is 1. The number of hydrogen-bond acceptors (Lipinski definition) is 5. The van der Waals surface area contributed by atoms with Gasteiger partial charge in [-0.1, -0.05) is 12.1 Å². The molecule has 6 heteroatoms. The van der Waals surface area contributed by atoms with Gasteiger partial charge >= 0.3 is 6.09 Å². The summed E-state index contributed by atoms with van der Waals surface area (Å²) in [7, 11) is 1.50. The molecule has 0 fully saturated rings. The van der Waals surface area contributed by atoms with E-state index in [0.29, 0.717) is 16.7 Å². The van der Waals surface area contributed by atoms with Crippen LogP contribution >= 0.6 is 0 Å². The van der Waals surface area contributed by atoms with E-state index in [1.165, 1.54) is 7.11 Å². The number of para-hydroxylation sites is 1. The highest BCUT2D eigenvalue weighted by atomic mass is 16.5. The van der Waals surface area contributed by atoms with Gasteiger partial charge in [0.25, 0.3) is 0 Å². The van der Waals surface area contributed by atoms with Crippen LogP contribution < -0.4 is 10.3 Å². The molecule has 0 saturated heterocycles. The van der Waals surface area contributed by atoms with Crippen LogP contribution in [0.5, 0.6) is 5.75 Å². The monoisotopic (exact) mass is 272 g/mol. The van der Waals surface area contributed by atoms with E-state index in [9.17, 15) is 4.79 Å². The van der Waals surface area contributed by atoms with Gasteiger partial charge in [0.2, 0.25) is 5.55 Å². The van der Waals surface area contributed by atoms with E-state index in [-0.39, 0.29) is 17.7 Å². The van der Waals surface area contributed by atoms with Gasteiger partial charge < -0.3 is 13.9 Å². The zero-order valence-corrected chi connectivity index (χ0v) is 11.0. The number of hydrogen-bond donors (Lipinski definition) is 0. The number of fused-ring (bicyclic) bond motifs is 1. The van der Waals surface area contributed by atoms with E-state index in [2.05, 4.69) is 4.99 Å². The molecule has 0 aliphatic rings. The van der Waals surface area contributed by atoms with Crippen molar-refractivity contribution in [2.45, 2.75) is 6.92 Å². The first-order chi connectivity index (χ1) is 9.69. The lowest BCUT2D eigenvalue weighted by Gasteiger charge is -2.04. The predicted molar refractivity (Wildman–Crippen MR) is 70.1 cm³/mol. The molecule has 2 aromatic rings. The molecular formula is C14H12N2O4. The quantitative estimate of drug-likeness (QED) is 0.837. The minimum atomic E-state index is -0.804. The molecule has 1 aromatic carbocycles. The van der Waals surface area contributed by atoms with E-state index >= 15 is 0 Å². The molecule has 2 rings (SSSR count). The Hall–Kier alpha value is -2.81. The third kappa shape index (κ3) is 2.62. The Morgan fingerprint density at radius 1 is 1.50 bits per heavy atom. The number of methoxy groups -OCH3 is 1. The van der Waals surface area contributed by atoms with E-state index in [1.54, 1.807) is 31.2 Å². The third-order valence-corrected chi connectivity index (χ3v) is 2.54. The third-order valence-electron chi connectivity index (χ3n) is 2.54. The fourth-order valence-electron chi connectivity index (χ4n) is 1.69. The molecular weight excluding hydrogens is 260 g/mol. The van der Waals surface area contributed by atoms with Crippen LogP contribution in [0.3, 0.4) is 0 Å². The zero-order valence-electron chi connectivity index (χ0n) is 11.0. The van der Waals surface area contributed by atoms with Gasteiger partial charge in [0.15, 0.2) is 11.3 Å². The van der Waals surface area contributed by atoms with Gasteiger partial charge in [0, 0.05) is 5.39 Å². The summed E-state index contributed by atoms with van der Waals surface area (Å²) >= 11 is 0. The van der Waals surface area contributed by atoms with E-state index in [1.807, 2.05) is 6.07 Å². The Morgan fingerprint density at radius 3 is 2.95 bits per heavy atom. The van der Waals surface area contributed by atoms with Crippen molar-refractivity contribution in [3.63, 3.8) is 0 Å².